The van der Waals surface area contributed by atoms with Crippen molar-refractivity contribution in [2.45, 2.75) is 38.3 Å². The van der Waals surface area contributed by atoms with Crippen LogP contribution in [-0.2, 0) is 0 Å². The minimum atomic E-state index is 0.675. The summed E-state index contributed by atoms with van der Waals surface area (Å²) in [7, 11) is 0. The minimum absolute atomic E-state index is 0.675. The Hall–Kier alpha value is -1.20. The van der Waals surface area contributed by atoms with Crippen LogP contribution < -0.4 is 10.2 Å². The van der Waals surface area contributed by atoms with Gasteiger partial charge in [0.2, 0.25) is 5.95 Å². The Morgan fingerprint density at radius 2 is 1.90 bits per heavy atom. The number of hydrogen-bond donors (Lipinski definition) is 1. The first-order valence-electron chi connectivity index (χ1n) is 7.86. The molecule has 3 rings (SSSR count). The second-order valence-electron chi connectivity index (χ2n) is 5.82. The summed E-state index contributed by atoms with van der Waals surface area (Å²) >= 11 is 0. The van der Waals surface area contributed by atoms with E-state index in [-0.39, 0.29) is 0 Å². The van der Waals surface area contributed by atoms with Crippen molar-refractivity contribution < 1.29 is 0 Å². The molecule has 2 heterocycles. The molecular formula is C15H25N5. The van der Waals surface area contributed by atoms with Gasteiger partial charge in [0.05, 0.1) is 0 Å². The molecule has 5 heteroatoms. The summed E-state index contributed by atoms with van der Waals surface area (Å²) in [6.07, 6.45) is 7.61. The van der Waals surface area contributed by atoms with Crippen LogP contribution in [0.5, 0.6) is 0 Å². The van der Waals surface area contributed by atoms with Crippen LogP contribution in [0.2, 0.25) is 0 Å². The number of piperazine rings is 1. The maximum absolute atomic E-state index is 4.34. The fourth-order valence-corrected chi connectivity index (χ4v) is 2.86. The zero-order valence-electron chi connectivity index (χ0n) is 12.3. The summed E-state index contributed by atoms with van der Waals surface area (Å²) in [5.74, 6) is 0.872. The van der Waals surface area contributed by atoms with Crippen LogP contribution >= 0.6 is 0 Å². The molecule has 1 aliphatic heterocycles. The van der Waals surface area contributed by atoms with Crippen molar-refractivity contribution in [3.63, 3.8) is 0 Å². The average molecular weight is 275 g/mol. The summed E-state index contributed by atoms with van der Waals surface area (Å²) in [5, 5.41) is 3.67. The maximum atomic E-state index is 4.34. The van der Waals surface area contributed by atoms with Crippen LogP contribution in [0.25, 0.3) is 0 Å². The van der Waals surface area contributed by atoms with Gasteiger partial charge in [-0.15, -0.1) is 0 Å². The van der Waals surface area contributed by atoms with Crippen molar-refractivity contribution in [3.8, 4) is 0 Å². The number of rotatable bonds is 6. The fourth-order valence-electron chi connectivity index (χ4n) is 2.86. The standard InChI is InChI=1S/C15H25N5/c1-2-14(12-18-13-4-5-13)19-8-10-20(11-9-19)15-16-6-3-7-17-15/h3,6-7,13-14,18H,2,4-5,8-12H2,1H3. The van der Waals surface area contributed by atoms with E-state index in [1.165, 1.54) is 19.3 Å². The van der Waals surface area contributed by atoms with Gasteiger partial charge in [-0.3, -0.25) is 4.90 Å². The maximum Gasteiger partial charge on any atom is 0.225 e. The lowest BCUT2D eigenvalue weighted by atomic mass is 10.1. The normalized spacial score (nSPS) is 21.9. The fraction of sp³-hybridized carbons (Fsp3) is 0.733. The molecule has 1 aromatic rings. The lowest BCUT2D eigenvalue weighted by molar-refractivity contribution is 0.175. The number of nitrogens with zero attached hydrogens (tertiary/aromatic N) is 4. The van der Waals surface area contributed by atoms with Crippen LogP contribution in [0.4, 0.5) is 5.95 Å². The SMILES string of the molecule is CCC(CNC1CC1)N1CCN(c2ncccn2)CC1. The van der Waals surface area contributed by atoms with E-state index in [4.69, 9.17) is 0 Å². The highest BCUT2D eigenvalue weighted by Gasteiger charge is 2.26. The highest BCUT2D eigenvalue weighted by atomic mass is 15.3. The molecule has 0 spiro atoms. The monoisotopic (exact) mass is 275 g/mol. The van der Waals surface area contributed by atoms with Crippen LogP contribution in [0.1, 0.15) is 26.2 Å². The third-order valence-corrected chi connectivity index (χ3v) is 4.36. The molecule has 1 N–H and O–H groups in total. The van der Waals surface area contributed by atoms with E-state index < -0.39 is 0 Å². The van der Waals surface area contributed by atoms with E-state index in [1.807, 2.05) is 18.5 Å². The summed E-state index contributed by atoms with van der Waals surface area (Å²) in [4.78, 5) is 13.6. The summed E-state index contributed by atoms with van der Waals surface area (Å²) < 4.78 is 0. The number of hydrogen-bond acceptors (Lipinski definition) is 5. The van der Waals surface area contributed by atoms with E-state index >= 15 is 0 Å². The van der Waals surface area contributed by atoms with Crippen LogP contribution in [0, 0.1) is 0 Å². The quantitative estimate of drug-likeness (QED) is 0.843. The molecule has 1 saturated heterocycles. The van der Waals surface area contributed by atoms with Crippen LogP contribution in [0.3, 0.4) is 0 Å². The molecule has 0 aromatic carbocycles. The predicted octanol–water partition coefficient (Wildman–Crippen LogP) is 1.13. The van der Waals surface area contributed by atoms with Gasteiger partial charge in [-0.1, -0.05) is 6.92 Å². The molecule has 0 bridgehead atoms. The van der Waals surface area contributed by atoms with E-state index in [2.05, 4.69) is 32.0 Å². The molecular weight excluding hydrogens is 250 g/mol. The first-order chi connectivity index (χ1) is 9.86. The summed E-state index contributed by atoms with van der Waals surface area (Å²) in [6.45, 7) is 7.73. The molecule has 1 aromatic heterocycles. The van der Waals surface area contributed by atoms with Crippen LogP contribution in [-0.4, -0.2) is 59.7 Å². The Morgan fingerprint density at radius 1 is 1.20 bits per heavy atom. The smallest absolute Gasteiger partial charge is 0.225 e. The van der Waals surface area contributed by atoms with Gasteiger partial charge in [0.25, 0.3) is 0 Å². The van der Waals surface area contributed by atoms with E-state index in [9.17, 15) is 0 Å². The Kier molecular flexibility index (Phi) is 4.47. The Bertz CT molecular complexity index is 398. The number of aromatic nitrogens is 2. The van der Waals surface area contributed by atoms with Gasteiger partial charge in [-0.25, -0.2) is 9.97 Å². The predicted molar refractivity (Wildman–Crippen MR) is 80.9 cm³/mol. The Labute approximate surface area is 121 Å². The van der Waals surface area contributed by atoms with Gasteiger partial charge in [0.15, 0.2) is 0 Å². The number of nitrogens with one attached hydrogen (secondary N) is 1. The zero-order chi connectivity index (χ0) is 13.8. The third kappa shape index (κ3) is 3.46. The lowest BCUT2D eigenvalue weighted by Crippen LogP contribution is -2.53. The molecule has 110 valence electrons. The van der Waals surface area contributed by atoms with E-state index in [0.29, 0.717) is 6.04 Å². The van der Waals surface area contributed by atoms with Crippen molar-refractivity contribution >= 4 is 5.95 Å². The molecule has 2 fully saturated rings. The molecule has 5 nitrogen and oxygen atoms in total. The first kappa shape index (κ1) is 13.8. The van der Waals surface area contributed by atoms with Gasteiger partial charge < -0.3 is 10.2 Å². The third-order valence-electron chi connectivity index (χ3n) is 4.36. The lowest BCUT2D eigenvalue weighted by Gasteiger charge is -2.39. The van der Waals surface area contributed by atoms with Gasteiger partial charge in [-0.05, 0) is 25.3 Å². The largest absolute Gasteiger partial charge is 0.338 e. The highest BCUT2D eigenvalue weighted by molar-refractivity contribution is 5.29. The van der Waals surface area contributed by atoms with E-state index in [1.54, 1.807) is 0 Å². The zero-order valence-corrected chi connectivity index (χ0v) is 12.3. The average Bonchev–Trinajstić information content (AvgIpc) is 3.34. The van der Waals surface area contributed by atoms with Gasteiger partial charge >= 0.3 is 0 Å². The van der Waals surface area contributed by atoms with Crippen molar-refractivity contribution in [2.24, 2.45) is 0 Å². The van der Waals surface area contributed by atoms with Crippen molar-refractivity contribution in [1.29, 1.82) is 0 Å². The van der Waals surface area contributed by atoms with Gasteiger partial charge in [-0.2, -0.15) is 0 Å². The summed E-state index contributed by atoms with van der Waals surface area (Å²) in [5.41, 5.74) is 0. The molecule has 0 radical (unpaired) electrons. The van der Waals surface area contributed by atoms with Crippen molar-refractivity contribution in [1.82, 2.24) is 20.2 Å². The minimum Gasteiger partial charge on any atom is -0.338 e. The first-order valence-corrected chi connectivity index (χ1v) is 7.86. The second kappa shape index (κ2) is 6.50. The molecule has 1 unspecified atom stereocenters. The van der Waals surface area contributed by atoms with Crippen molar-refractivity contribution in [2.75, 3.05) is 37.6 Å². The topological polar surface area (TPSA) is 44.3 Å². The molecule has 0 amide bonds. The van der Waals surface area contributed by atoms with Crippen LogP contribution in [0.15, 0.2) is 18.5 Å². The van der Waals surface area contributed by atoms with Crippen molar-refractivity contribution in [3.05, 3.63) is 18.5 Å². The van der Waals surface area contributed by atoms with Gasteiger partial charge in [0, 0.05) is 57.2 Å². The molecule has 1 saturated carbocycles. The Morgan fingerprint density at radius 3 is 2.50 bits per heavy atom. The molecule has 1 atom stereocenters. The Balaban J connectivity index is 1.49. The van der Waals surface area contributed by atoms with Gasteiger partial charge in [0.1, 0.15) is 0 Å². The second-order valence-corrected chi connectivity index (χ2v) is 5.82. The molecule has 2 aliphatic rings. The number of anilines is 1. The molecule has 1 aliphatic carbocycles. The summed E-state index contributed by atoms with van der Waals surface area (Å²) in [6, 6.07) is 3.36. The molecule has 20 heavy (non-hydrogen) atoms. The van der Waals surface area contributed by atoms with E-state index in [0.717, 1.165) is 44.7 Å². The highest BCUT2D eigenvalue weighted by Crippen LogP contribution is 2.19.